The molecule has 1 aromatic carbocycles. The van der Waals surface area contributed by atoms with Crippen molar-refractivity contribution in [3.05, 3.63) is 36.0 Å². The van der Waals surface area contributed by atoms with E-state index < -0.39 is 0 Å². The Morgan fingerprint density at radius 3 is 2.76 bits per heavy atom. The van der Waals surface area contributed by atoms with Gasteiger partial charge >= 0.3 is 0 Å². The molecule has 0 bridgehead atoms. The molecule has 1 aromatic heterocycles. The highest BCUT2D eigenvalue weighted by Crippen LogP contribution is 2.17. The number of carbonyl (C=O) groups is 1. The van der Waals surface area contributed by atoms with Crippen LogP contribution in [0, 0.1) is 0 Å². The van der Waals surface area contributed by atoms with Gasteiger partial charge in [-0.05, 0) is 31.4 Å². The molecule has 25 heavy (non-hydrogen) atoms. The van der Waals surface area contributed by atoms with E-state index in [0.29, 0.717) is 13.0 Å². The van der Waals surface area contributed by atoms with E-state index in [-0.39, 0.29) is 5.91 Å². The molecule has 0 aliphatic heterocycles. The highest BCUT2D eigenvalue weighted by Gasteiger charge is 2.04. The highest BCUT2D eigenvalue weighted by molar-refractivity contribution is 5.83. The van der Waals surface area contributed by atoms with Crippen molar-refractivity contribution in [3.63, 3.8) is 0 Å². The molecule has 0 aliphatic rings. The number of nitrogens with zero attached hydrogens (tertiary/aromatic N) is 1. The van der Waals surface area contributed by atoms with Crippen LogP contribution in [0.15, 0.2) is 35.5 Å². The zero-order valence-corrected chi connectivity index (χ0v) is 15.2. The molecule has 6 nitrogen and oxygen atoms in total. The molecule has 1 heterocycles. The lowest BCUT2D eigenvalue weighted by molar-refractivity contribution is -0.120. The van der Waals surface area contributed by atoms with Crippen LogP contribution in [0.5, 0.6) is 0 Å². The zero-order chi connectivity index (χ0) is 17.9. The zero-order valence-electron chi connectivity index (χ0n) is 15.2. The maximum absolute atomic E-state index is 11.6. The first-order valence-electron chi connectivity index (χ1n) is 9.08. The molecule has 0 aliphatic carbocycles. The molecular formula is C19H29N5O. The number of hydrogen-bond donors (Lipinski definition) is 4. The molecule has 2 rings (SSSR count). The third-order valence-electron chi connectivity index (χ3n) is 3.89. The standard InChI is InChI=1S/C19H29N5O/c1-3-11-21-18(25)10-13-23-19(20-4-2)22-12-9-15-14-24-17-8-6-5-7-16(15)17/h5-8,14,24H,3-4,9-13H2,1-2H3,(H,21,25)(H2,20,22,23). The number of amides is 1. The minimum absolute atomic E-state index is 0.0558. The number of aromatic amines is 1. The lowest BCUT2D eigenvalue weighted by atomic mass is 10.1. The van der Waals surface area contributed by atoms with Crippen LogP contribution >= 0.6 is 0 Å². The van der Waals surface area contributed by atoms with Gasteiger partial charge in [-0.3, -0.25) is 9.79 Å². The Balaban J connectivity index is 1.80. The Hall–Kier alpha value is -2.50. The molecule has 0 fully saturated rings. The second-order valence-corrected chi connectivity index (χ2v) is 5.90. The van der Waals surface area contributed by atoms with Crippen LogP contribution < -0.4 is 16.0 Å². The van der Waals surface area contributed by atoms with E-state index in [4.69, 9.17) is 0 Å². The second-order valence-electron chi connectivity index (χ2n) is 5.90. The summed E-state index contributed by atoms with van der Waals surface area (Å²) in [6.45, 7) is 6.87. The fraction of sp³-hybridized carbons (Fsp3) is 0.474. The van der Waals surface area contributed by atoms with Crippen molar-refractivity contribution in [3.8, 4) is 0 Å². The molecular weight excluding hydrogens is 314 g/mol. The Kier molecular flexibility index (Phi) is 7.82. The van der Waals surface area contributed by atoms with E-state index in [9.17, 15) is 4.79 Å². The molecule has 4 N–H and O–H groups in total. The third-order valence-corrected chi connectivity index (χ3v) is 3.89. The number of fused-ring (bicyclic) bond motifs is 1. The van der Waals surface area contributed by atoms with Crippen LogP contribution in [-0.4, -0.2) is 43.0 Å². The van der Waals surface area contributed by atoms with Gasteiger partial charge < -0.3 is 20.9 Å². The number of benzene rings is 1. The summed E-state index contributed by atoms with van der Waals surface area (Å²) >= 11 is 0. The van der Waals surface area contributed by atoms with Gasteiger partial charge in [-0.2, -0.15) is 0 Å². The number of para-hydroxylation sites is 1. The lowest BCUT2D eigenvalue weighted by Crippen LogP contribution is -2.38. The SMILES string of the molecule is CCCNC(=O)CCN=C(NCC)NCCc1c[nH]c2ccccc12. The summed E-state index contributed by atoms with van der Waals surface area (Å²) in [4.78, 5) is 19.4. The summed E-state index contributed by atoms with van der Waals surface area (Å²) in [5.74, 6) is 0.811. The van der Waals surface area contributed by atoms with E-state index in [1.807, 2.05) is 19.9 Å². The van der Waals surface area contributed by atoms with Crippen molar-refractivity contribution in [1.82, 2.24) is 20.9 Å². The summed E-state index contributed by atoms with van der Waals surface area (Å²) in [5.41, 5.74) is 2.45. The smallest absolute Gasteiger partial charge is 0.221 e. The van der Waals surface area contributed by atoms with Crippen molar-refractivity contribution in [1.29, 1.82) is 0 Å². The van der Waals surface area contributed by atoms with E-state index >= 15 is 0 Å². The maximum atomic E-state index is 11.6. The molecule has 0 spiro atoms. The number of H-pyrrole nitrogens is 1. The fourth-order valence-electron chi connectivity index (χ4n) is 2.62. The molecule has 0 unspecified atom stereocenters. The summed E-state index contributed by atoms with van der Waals surface area (Å²) in [6, 6.07) is 8.31. The summed E-state index contributed by atoms with van der Waals surface area (Å²) < 4.78 is 0. The van der Waals surface area contributed by atoms with Gasteiger partial charge in [0.1, 0.15) is 0 Å². The van der Waals surface area contributed by atoms with Gasteiger partial charge in [0.2, 0.25) is 5.91 Å². The number of guanidine groups is 1. The van der Waals surface area contributed by atoms with Crippen molar-refractivity contribution in [2.75, 3.05) is 26.2 Å². The topological polar surface area (TPSA) is 81.3 Å². The normalized spacial score (nSPS) is 11.5. The summed E-state index contributed by atoms with van der Waals surface area (Å²) in [5, 5.41) is 10.7. The minimum Gasteiger partial charge on any atom is -0.361 e. The number of aromatic nitrogens is 1. The Morgan fingerprint density at radius 2 is 1.96 bits per heavy atom. The summed E-state index contributed by atoms with van der Waals surface area (Å²) in [6.07, 6.45) is 4.34. The molecule has 1 amide bonds. The fourth-order valence-corrected chi connectivity index (χ4v) is 2.62. The number of carbonyl (C=O) groups excluding carboxylic acids is 1. The maximum Gasteiger partial charge on any atom is 0.221 e. The molecule has 136 valence electrons. The summed E-state index contributed by atoms with van der Waals surface area (Å²) in [7, 11) is 0. The van der Waals surface area contributed by atoms with Crippen LogP contribution in [0.1, 0.15) is 32.3 Å². The van der Waals surface area contributed by atoms with Crippen molar-refractivity contribution in [2.24, 2.45) is 4.99 Å². The van der Waals surface area contributed by atoms with Gasteiger partial charge in [0, 0.05) is 43.2 Å². The Labute approximate surface area is 149 Å². The third kappa shape index (κ3) is 6.14. The molecule has 2 aromatic rings. The monoisotopic (exact) mass is 343 g/mol. The van der Waals surface area contributed by atoms with E-state index in [1.54, 1.807) is 0 Å². The van der Waals surface area contributed by atoms with Crippen LogP contribution in [0.25, 0.3) is 10.9 Å². The van der Waals surface area contributed by atoms with Crippen molar-refractivity contribution in [2.45, 2.75) is 33.1 Å². The second kappa shape index (κ2) is 10.4. The predicted molar refractivity (Wildman–Crippen MR) is 104 cm³/mol. The van der Waals surface area contributed by atoms with E-state index in [1.165, 1.54) is 10.9 Å². The largest absolute Gasteiger partial charge is 0.361 e. The number of aliphatic imine (C=N–C) groups is 1. The van der Waals surface area contributed by atoms with Crippen LogP contribution in [-0.2, 0) is 11.2 Å². The van der Waals surface area contributed by atoms with Gasteiger partial charge in [-0.1, -0.05) is 25.1 Å². The Bertz CT molecular complexity index is 692. The van der Waals surface area contributed by atoms with Crippen LogP contribution in [0.3, 0.4) is 0 Å². The molecule has 6 heteroatoms. The quantitative estimate of drug-likeness (QED) is 0.416. The van der Waals surface area contributed by atoms with Crippen molar-refractivity contribution >= 4 is 22.8 Å². The first-order chi connectivity index (χ1) is 12.2. The van der Waals surface area contributed by atoms with Gasteiger partial charge in [0.25, 0.3) is 0 Å². The Morgan fingerprint density at radius 1 is 1.12 bits per heavy atom. The van der Waals surface area contributed by atoms with Gasteiger partial charge in [-0.25, -0.2) is 0 Å². The predicted octanol–water partition coefficient (Wildman–Crippen LogP) is 2.18. The minimum atomic E-state index is 0.0558. The average molecular weight is 343 g/mol. The lowest BCUT2D eigenvalue weighted by Gasteiger charge is -2.11. The molecule has 0 atom stereocenters. The van der Waals surface area contributed by atoms with E-state index in [0.717, 1.165) is 44.0 Å². The number of nitrogens with one attached hydrogen (secondary N) is 4. The molecule has 0 saturated carbocycles. The van der Waals surface area contributed by atoms with Gasteiger partial charge in [0.15, 0.2) is 5.96 Å². The van der Waals surface area contributed by atoms with Crippen LogP contribution in [0.2, 0.25) is 0 Å². The number of rotatable bonds is 9. The van der Waals surface area contributed by atoms with Gasteiger partial charge in [0.05, 0.1) is 6.54 Å². The average Bonchev–Trinajstić information content (AvgIpc) is 3.03. The molecule has 0 saturated heterocycles. The molecule has 0 radical (unpaired) electrons. The van der Waals surface area contributed by atoms with E-state index in [2.05, 4.69) is 50.3 Å². The highest BCUT2D eigenvalue weighted by atomic mass is 16.1. The van der Waals surface area contributed by atoms with Crippen molar-refractivity contribution < 1.29 is 4.79 Å². The van der Waals surface area contributed by atoms with Gasteiger partial charge in [-0.15, -0.1) is 0 Å². The first-order valence-corrected chi connectivity index (χ1v) is 9.08. The number of hydrogen-bond acceptors (Lipinski definition) is 2. The van der Waals surface area contributed by atoms with Crippen LogP contribution in [0.4, 0.5) is 0 Å². The first kappa shape index (κ1) is 18.8.